The predicted octanol–water partition coefficient (Wildman–Crippen LogP) is 3.93. The van der Waals surface area contributed by atoms with Gasteiger partial charge in [0.2, 0.25) is 5.95 Å². The minimum Gasteiger partial charge on any atom is -0.497 e. The van der Waals surface area contributed by atoms with E-state index in [9.17, 15) is 0 Å². The molecule has 4 heterocycles. The van der Waals surface area contributed by atoms with E-state index in [0.717, 1.165) is 69.0 Å². The second-order valence-corrected chi connectivity index (χ2v) is 10.4. The van der Waals surface area contributed by atoms with Gasteiger partial charge in [-0.1, -0.05) is 0 Å². The number of benzene rings is 1. The lowest BCUT2D eigenvalue weighted by Gasteiger charge is -2.42. The van der Waals surface area contributed by atoms with Gasteiger partial charge in [-0.2, -0.15) is 0 Å². The van der Waals surface area contributed by atoms with Gasteiger partial charge >= 0.3 is 0 Å². The molecule has 2 aromatic heterocycles. The van der Waals surface area contributed by atoms with Crippen molar-refractivity contribution < 1.29 is 4.74 Å². The Morgan fingerprint density at radius 2 is 2.06 bits per heavy atom. The summed E-state index contributed by atoms with van der Waals surface area (Å²) in [7, 11) is 1.71. The molecule has 3 aliphatic rings. The fourth-order valence-electron chi connectivity index (χ4n) is 5.26. The van der Waals surface area contributed by atoms with Crippen molar-refractivity contribution in [2.24, 2.45) is 5.92 Å². The lowest BCUT2D eigenvalue weighted by molar-refractivity contribution is 0.292. The molecular formula is C25H30N6OS. The van der Waals surface area contributed by atoms with E-state index in [1.807, 2.05) is 17.6 Å². The Morgan fingerprint density at radius 1 is 1.18 bits per heavy atom. The van der Waals surface area contributed by atoms with Crippen molar-refractivity contribution in [1.29, 1.82) is 0 Å². The van der Waals surface area contributed by atoms with Crippen molar-refractivity contribution in [3.05, 3.63) is 58.3 Å². The first-order valence-electron chi connectivity index (χ1n) is 11.8. The number of aromatic nitrogens is 3. The molecule has 1 spiro atoms. The number of anilines is 2. The van der Waals surface area contributed by atoms with Crippen LogP contribution in [0.5, 0.6) is 5.75 Å². The van der Waals surface area contributed by atoms with Crippen LogP contribution in [0, 0.1) is 5.92 Å². The second kappa shape index (κ2) is 8.57. The van der Waals surface area contributed by atoms with Gasteiger partial charge in [-0.15, -0.1) is 11.3 Å². The topological polar surface area (TPSA) is 66.4 Å². The van der Waals surface area contributed by atoms with Crippen LogP contribution in [0.2, 0.25) is 0 Å². The standard InChI is InChI=1S/C25H30N6OS/c1-32-22-6-4-21(5-7-22)31-12-19-11-27-24(26-10-18-2-3-18)29-23(19)25(16-31)8-9-30(15-25)13-20-14-33-17-28-20/h4-7,11,14,17-18H,2-3,8-10,12-13,15-16H2,1H3,(H,26,27,29). The number of hydrogen-bond acceptors (Lipinski definition) is 8. The van der Waals surface area contributed by atoms with Crippen LogP contribution in [0.1, 0.15) is 36.2 Å². The molecule has 0 bridgehead atoms. The fraction of sp³-hybridized carbons (Fsp3) is 0.480. The average molecular weight is 463 g/mol. The molecule has 1 saturated heterocycles. The van der Waals surface area contributed by atoms with Crippen molar-refractivity contribution in [2.45, 2.75) is 37.8 Å². The summed E-state index contributed by atoms with van der Waals surface area (Å²) in [5, 5.41) is 5.65. The van der Waals surface area contributed by atoms with Crippen molar-refractivity contribution in [1.82, 2.24) is 19.9 Å². The molecule has 1 unspecified atom stereocenters. The second-order valence-electron chi connectivity index (χ2n) is 9.67. The average Bonchev–Trinajstić information content (AvgIpc) is 3.39. The van der Waals surface area contributed by atoms with Gasteiger partial charge in [0.25, 0.3) is 0 Å². The van der Waals surface area contributed by atoms with Crippen LogP contribution in [-0.2, 0) is 18.5 Å². The van der Waals surface area contributed by atoms with Gasteiger partial charge in [0, 0.05) is 61.0 Å². The SMILES string of the molecule is COc1ccc(N2Cc3cnc(NCC4CC4)nc3C3(CCN(Cc4cscn4)C3)C2)cc1. The molecule has 2 aliphatic heterocycles. The summed E-state index contributed by atoms with van der Waals surface area (Å²) in [6.07, 6.45) is 5.79. The number of fused-ring (bicyclic) bond motifs is 2. The van der Waals surface area contributed by atoms with E-state index in [1.54, 1.807) is 18.4 Å². The number of hydrogen-bond donors (Lipinski definition) is 1. The van der Waals surface area contributed by atoms with Gasteiger partial charge in [0.1, 0.15) is 5.75 Å². The highest BCUT2D eigenvalue weighted by molar-refractivity contribution is 7.07. The molecule has 1 saturated carbocycles. The van der Waals surface area contributed by atoms with E-state index < -0.39 is 0 Å². The predicted molar refractivity (Wildman–Crippen MR) is 131 cm³/mol. The normalized spacial score (nSPS) is 22.5. The first kappa shape index (κ1) is 20.9. The highest BCUT2D eigenvalue weighted by Gasteiger charge is 2.46. The monoisotopic (exact) mass is 462 g/mol. The first-order valence-corrected chi connectivity index (χ1v) is 12.7. The number of methoxy groups -OCH3 is 1. The van der Waals surface area contributed by atoms with Crippen molar-refractivity contribution in [2.75, 3.05) is 43.5 Å². The fourth-order valence-corrected chi connectivity index (χ4v) is 5.81. The molecule has 1 aliphatic carbocycles. The first-order chi connectivity index (χ1) is 16.2. The molecule has 1 N–H and O–H groups in total. The van der Waals surface area contributed by atoms with Crippen LogP contribution in [0.15, 0.2) is 41.4 Å². The van der Waals surface area contributed by atoms with Crippen molar-refractivity contribution in [3.8, 4) is 5.75 Å². The summed E-state index contributed by atoms with van der Waals surface area (Å²) in [5.41, 5.74) is 6.77. The van der Waals surface area contributed by atoms with Gasteiger partial charge in [-0.3, -0.25) is 4.90 Å². The van der Waals surface area contributed by atoms with E-state index in [1.165, 1.54) is 29.8 Å². The summed E-state index contributed by atoms with van der Waals surface area (Å²) in [6, 6.07) is 8.40. The maximum atomic E-state index is 5.37. The van der Waals surface area contributed by atoms with E-state index in [4.69, 9.17) is 14.7 Å². The molecule has 7 nitrogen and oxygen atoms in total. The molecule has 3 aromatic rings. The molecular weight excluding hydrogens is 432 g/mol. The third kappa shape index (κ3) is 4.29. The molecule has 33 heavy (non-hydrogen) atoms. The van der Waals surface area contributed by atoms with E-state index in [-0.39, 0.29) is 5.41 Å². The van der Waals surface area contributed by atoms with Gasteiger partial charge in [0.15, 0.2) is 0 Å². The van der Waals surface area contributed by atoms with Gasteiger partial charge < -0.3 is 15.0 Å². The summed E-state index contributed by atoms with van der Waals surface area (Å²) < 4.78 is 5.37. The number of likely N-dealkylation sites (tertiary alicyclic amines) is 1. The van der Waals surface area contributed by atoms with Crippen LogP contribution in [0.4, 0.5) is 11.6 Å². The largest absolute Gasteiger partial charge is 0.497 e. The maximum absolute atomic E-state index is 5.37. The Hall–Kier alpha value is -2.71. The zero-order valence-electron chi connectivity index (χ0n) is 19.0. The summed E-state index contributed by atoms with van der Waals surface area (Å²) in [5.74, 6) is 2.47. The third-order valence-corrected chi connectivity index (χ3v) is 7.84. The van der Waals surface area contributed by atoms with Gasteiger partial charge in [-0.25, -0.2) is 15.0 Å². The zero-order chi connectivity index (χ0) is 22.3. The van der Waals surface area contributed by atoms with Crippen LogP contribution in [-0.4, -0.2) is 53.1 Å². The smallest absolute Gasteiger partial charge is 0.222 e. The van der Waals surface area contributed by atoms with Gasteiger partial charge in [-0.05, 0) is 56.0 Å². The van der Waals surface area contributed by atoms with Crippen LogP contribution in [0.3, 0.4) is 0 Å². The molecule has 1 atom stereocenters. The Labute approximate surface area is 198 Å². The number of nitrogens with zero attached hydrogens (tertiary/aromatic N) is 5. The Bertz CT molecular complexity index is 1100. The molecule has 172 valence electrons. The molecule has 8 heteroatoms. The highest BCUT2D eigenvalue weighted by Crippen LogP contribution is 2.42. The lowest BCUT2D eigenvalue weighted by Crippen LogP contribution is -2.48. The van der Waals surface area contributed by atoms with Crippen molar-refractivity contribution in [3.63, 3.8) is 0 Å². The maximum Gasteiger partial charge on any atom is 0.222 e. The minimum absolute atomic E-state index is 0.0114. The zero-order valence-corrected chi connectivity index (χ0v) is 19.9. The highest BCUT2D eigenvalue weighted by atomic mass is 32.1. The number of thiazole rings is 1. The quantitative estimate of drug-likeness (QED) is 0.571. The van der Waals surface area contributed by atoms with E-state index in [0.29, 0.717) is 0 Å². The molecule has 6 rings (SSSR count). The molecule has 0 amide bonds. The third-order valence-electron chi connectivity index (χ3n) is 7.21. The Kier molecular flexibility index (Phi) is 5.42. The molecule has 2 fully saturated rings. The lowest BCUT2D eigenvalue weighted by atomic mass is 9.78. The van der Waals surface area contributed by atoms with E-state index in [2.05, 4.69) is 43.8 Å². The number of rotatable bonds is 7. The molecule has 0 radical (unpaired) electrons. The Balaban J connectivity index is 1.30. The number of ether oxygens (including phenoxy) is 1. The van der Waals surface area contributed by atoms with Gasteiger partial charge in [0.05, 0.1) is 24.0 Å². The van der Waals surface area contributed by atoms with Crippen LogP contribution < -0.4 is 15.0 Å². The molecule has 1 aromatic carbocycles. The van der Waals surface area contributed by atoms with Crippen LogP contribution >= 0.6 is 11.3 Å². The summed E-state index contributed by atoms with van der Waals surface area (Å²) >= 11 is 1.67. The van der Waals surface area contributed by atoms with Crippen molar-refractivity contribution >= 4 is 23.0 Å². The Morgan fingerprint density at radius 3 is 2.82 bits per heavy atom. The van der Waals surface area contributed by atoms with E-state index >= 15 is 0 Å². The van der Waals surface area contributed by atoms with Crippen LogP contribution in [0.25, 0.3) is 0 Å². The summed E-state index contributed by atoms with van der Waals surface area (Å²) in [4.78, 5) is 19.4. The number of nitrogens with one attached hydrogen (secondary N) is 1. The minimum atomic E-state index is -0.0114. The summed E-state index contributed by atoms with van der Waals surface area (Å²) in [6.45, 7) is 5.73.